The zero-order chi connectivity index (χ0) is 16.7. The van der Waals surface area contributed by atoms with E-state index in [9.17, 15) is 14.7 Å². The Hall–Kier alpha value is -1.59. The van der Waals surface area contributed by atoms with Crippen LogP contribution in [0, 0.1) is 5.92 Å². The van der Waals surface area contributed by atoms with E-state index in [1.54, 1.807) is 24.3 Å². The van der Waals surface area contributed by atoms with Gasteiger partial charge < -0.3 is 15.2 Å². The molecule has 0 aliphatic carbocycles. The van der Waals surface area contributed by atoms with Crippen molar-refractivity contribution < 1.29 is 19.4 Å². The van der Waals surface area contributed by atoms with Crippen LogP contribution in [0.4, 0.5) is 0 Å². The van der Waals surface area contributed by atoms with E-state index in [0.29, 0.717) is 11.4 Å². The fraction of sp³-hybridized carbons (Fsp3) is 0.500. The summed E-state index contributed by atoms with van der Waals surface area (Å²) >= 11 is 5.82. The van der Waals surface area contributed by atoms with E-state index in [1.807, 2.05) is 13.8 Å². The summed E-state index contributed by atoms with van der Waals surface area (Å²) in [6.07, 6.45) is -0.539. The summed E-state index contributed by atoms with van der Waals surface area (Å²) in [6.45, 7) is 3.81. The molecule has 0 aliphatic rings. The largest absolute Gasteiger partial charge is 0.467 e. The highest BCUT2D eigenvalue weighted by Crippen LogP contribution is 2.12. The number of carbonyl (C=O) groups is 2. The third kappa shape index (κ3) is 6.03. The maximum atomic E-state index is 12.0. The fourth-order valence-corrected chi connectivity index (χ4v) is 2.14. The molecular formula is C16H22ClNO4. The van der Waals surface area contributed by atoms with Gasteiger partial charge in [-0.15, -0.1) is 0 Å². The summed E-state index contributed by atoms with van der Waals surface area (Å²) in [5.74, 6) is -0.952. The predicted molar refractivity (Wildman–Crippen MR) is 84.6 cm³/mol. The van der Waals surface area contributed by atoms with Crippen molar-refractivity contribution in [1.29, 1.82) is 0 Å². The standard InChI is InChI=1S/C16H22ClNO4/c1-10(2)8-14(19)15(20)18-13(16(21)22-3)9-11-4-6-12(17)7-5-11/h4-7,10,13-14,19H,8-9H2,1-3H3,(H,18,20)/t13-,14-/m1/s1. The average molecular weight is 328 g/mol. The second-order valence-electron chi connectivity index (χ2n) is 5.56. The molecule has 22 heavy (non-hydrogen) atoms. The summed E-state index contributed by atoms with van der Waals surface area (Å²) in [5, 5.41) is 12.9. The summed E-state index contributed by atoms with van der Waals surface area (Å²) in [4.78, 5) is 23.8. The molecule has 1 rings (SSSR count). The Kier molecular flexibility index (Phi) is 7.35. The van der Waals surface area contributed by atoms with E-state index >= 15 is 0 Å². The van der Waals surface area contributed by atoms with Crippen LogP contribution in [0.2, 0.25) is 5.02 Å². The van der Waals surface area contributed by atoms with Crippen molar-refractivity contribution in [2.24, 2.45) is 5.92 Å². The highest BCUT2D eigenvalue weighted by atomic mass is 35.5. The van der Waals surface area contributed by atoms with Gasteiger partial charge in [0.05, 0.1) is 7.11 Å². The molecule has 0 saturated carbocycles. The van der Waals surface area contributed by atoms with Gasteiger partial charge in [0.15, 0.2) is 0 Å². The lowest BCUT2D eigenvalue weighted by atomic mass is 10.0. The van der Waals surface area contributed by atoms with Gasteiger partial charge >= 0.3 is 5.97 Å². The van der Waals surface area contributed by atoms with Crippen molar-refractivity contribution in [3.63, 3.8) is 0 Å². The van der Waals surface area contributed by atoms with Crippen molar-refractivity contribution >= 4 is 23.5 Å². The number of esters is 1. The van der Waals surface area contributed by atoms with Gasteiger partial charge in [-0.1, -0.05) is 37.6 Å². The van der Waals surface area contributed by atoms with Gasteiger partial charge in [0, 0.05) is 11.4 Å². The van der Waals surface area contributed by atoms with Crippen LogP contribution in [0.1, 0.15) is 25.8 Å². The Morgan fingerprint density at radius 3 is 2.36 bits per heavy atom. The molecule has 1 amide bonds. The first kappa shape index (κ1) is 18.5. The minimum absolute atomic E-state index is 0.175. The second-order valence-corrected chi connectivity index (χ2v) is 6.00. The Morgan fingerprint density at radius 2 is 1.86 bits per heavy atom. The van der Waals surface area contributed by atoms with Gasteiger partial charge in [-0.05, 0) is 30.0 Å². The predicted octanol–water partition coefficient (Wildman–Crippen LogP) is 1.95. The summed E-state index contributed by atoms with van der Waals surface area (Å²) in [5.41, 5.74) is 0.832. The molecule has 1 aromatic carbocycles. The molecule has 2 N–H and O–H groups in total. The number of aliphatic hydroxyl groups excluding tert-OH is 1. The Bertz CT molecular complexity index is 501. The summed E-state index contributed by atoms with van der Waals surface area (Å²) < 4.78 is 4.71. The molecule has 1 aromatic rings. The third-order valence-corrected chi connectivity index (χ3v) is 3.40. The van der Waals surface area contributed by atoms with Crippen LogP contribution in [0.25, 0.3) is 0 Å². The first-order chi connectivity index (χ1) is 10.3. The SMILES string of the molecule is COC(=O)[C@@H](Cc1ccc(Cl)cc1)NC(=O)[C@H](O)CC(C)C. The molecule has 0 saturated heterocycles. The van der Waals surface area contributed by atoms with E-state index < -0.39 is 24.0 Å². The number of rotatable bonds is 7. The zero-order valence-electron chi connectivity index (χ0n) is 13.0. The highest BCUT2D eigenvalue weighted by molar-refractivity contribution is 6.30. The van der Waals surface area contributed by atoms with Crippen LogP contribution in [0.15, 0.2) is 24.3 Å². The number of amides is 1. The Morgan fingerprint density at radius 1 is 1.27 bits per heavy atom. The minimum atomic E-state index is -1.14. The van der Waals surface area contributed by atoms with Crippen LogP contribution < -0.4 is 5.32 Å². The van der Waals surface area contributed by atoms with Crippen molar-refractivity contribution in [1.82, 2.24) is 5.32 Å². The number of hydrogen-bond donors (Lipinski definition) is 2. The molecule has 0 spiro atoms. The van der Waals surface area contributed by atoms with Gasteiger partial charge in [-0.25, -0.2) is 4.79 Å². The molecule has 5 nitrogen and oxygen atoms in total. The number of ether oxygens (including phenoxy) is 1. The number of methoxy groups -OCH3 is 1. The summed E-state index contributed by atoms with van der Waals surface area (Å²) in [7, 11) is 1.26. The monoisotopic (exact) mass is 327 g/mol. The van der Waals surface area contributed by atoms with Gasteiger partial charge in [-0.3, -0.25) is 4.79 Å². The molecule has 122 valence electrons. The molecule has 2 atom stereocenters. The smallest absolute Gasteiger partial charge is 0.328 e. The topological polar surface area (TPSA) is 75.6 Å². The number of benzene rings is 1. The first-order valence-corrected chi connectivity index (χ1v) is 7.52. The number of halogens is 1. The van der Waals surface area contributed by atoms with Crippen LogP contribution >= 0.6 is 11.6 Å². The van der Waals surface area contributed by atoms with Crippen LogP contribution in [-0.4, -0.2) is 36.2 Å². The third-order valence-electron chi connectivity index (χ3n) is 3.15. The molecule has 0 heterocycles. The fourth-order valence-electron chi connectivity index (χ4n) is 2.01. The zero-order valence-corrected chi connectivity index (χ0v) is 13.8. The van der Waals surface area contributed by atoms with Gasteiger partial charge in [-0.2, -0.15) is 0 Å². The van der Waals surface area contributed by atoms with E-state index in [-0.39, 0.29) is 12.3 Å². The normalized spacial score (nSPS) is 13.5. The van der Waals surface area contributed by atoms with Crippen LogP contribution in [-0.2, 0) is 20.7 Å². The second kappa shape index (κ2) is 8.76. The first-order valence-electron chi connectivity index (χ1n) is 7.14. The summed E-state index contributed by atoms with van der Waals surface area (Å²) in [6, 6.07) is 6.12. The Balaban J connectivity index is 2.74. The quantitative estimate of drug-likeness (QED) is 0.751. The number of nitrogens with one attached hydrogen (secondary N) is 1. The molecule has 6 heteroatoms. The highest BCUT2D eigenvalue weighted by Gasteiger charge is 2.25. The number of aliphatic hydroxyl groups is 1. The lowest BCUT2D eigenvalue weighted by Gasteiger charge is -2.19. The molecule has 0 aromatic heterocycles. The van der Waals surface area contributed by atoms with E-state index in [1.165, 1.54) is 7.11 Å². The van der Waals surface area contributed by atoms with Gasteiger partial charge in [0.1, 0.15) is 12.1 Å². The molecule has 0 radical (unpaired) electrons. The number of hydrogen-bond acceptors (Lipinski definition) is 4. The number of carbonyl (C=O) groups excluding carboxylic acids is 2. The maximum absolute atomic E-state index is 12.0. The molecule has 0 aliphatic heterocycles. The maximum Gasteiger partial charge on any atom is 0.328 e. The minimum Gasteiger partial charge on any atom is -0.467 e. The molecule has 0 bridgehead atoms. The van der Waals surface area contributed by atoms with E-state index in [4.69, 9.17) is 16.3 Å². The molecular weight excluding hydrogens is 306 g/mol. The van der Waals surface area contributed by atoms with Crippen LogP contribution in [0.3, 0.4) is 0 Å². The van der Waals surface area contributed by atoms with Crippen molar-refractivity contribution in [3.8, 4) is 0 Å². The average Bonchev–Trinajstić information content (AvgIpc) is 2.47. The van der Waals surface area contributed by atoms with Crippen molar-refractivity contribution in [2.45, 2.75) is 38.8 Å². The van der Waals surface area contributed by atoms with Gasteiger partial charge in [0.25, 0.3) is 0 Å². The van der Waals surface area contributed by atoms with Crippen LogP contribution in [0.5, 0.6) is 0 Å². The molecule has 0 unspecified atom stereocenters. The van der Waals surface area contributed by atoms with E-state index in [0.717, 1.165) is 5.56 Å². The molecule has 0 fully saturated rings. The Labute approximate surface area is 135 Å². The van der Waals surface area contributed by atoms with Gasteiger partial charge in [0.2, 0.25) is 5.91 Å². The lowest BCUT2D eigenvalue weighted by Crippen LogP contribution is -2.47. The van der Waals surface area contributed by atoms with E-state index in [2.05, 4.69) is 5.32 Å². The van der Waals surface area contributed by atoms with Crippen molar-refractivity contribution in [2.75, 3.05) is 7.11 Å². The van der Waals surface area contributed by atoms with Crippen molar-refractivity contribution in [3.05, 3.63) is 34.9 Å². The lowest BCUT2D eigenvalue weighted by molar-refractivity contribution is -0.146.